The maximum Gasteiger partial charge on any atom is 0.251 e. The maximum absolute atomic E-state index is 11.9. The molecule has 24 heavy (non-hydrogen) atoms. The second-order valence-corrected chi connectivity index (χ2v) is 5.71. The van der Waals surface area contributed by atoms with Crippen molar-refractivity contribution in [3.63, 3.8) is 0 Å². The van der Waals surface area contributed by atoms with E-state index in [9.17, 15) is 4.79 Å². The lowest BCUT2D eigenvalue weighted by atomic mass is 10.2. The van der Waals surface area contributed by atoms with Gasteiger partial charge in [-0.15, -0.1) is 24.0 Å². The van der Waals surface area contributed by atoms with Crippen LogP contribution < -0.4 is 16.0 Å². The minimum atomic E-state index is -0.0633. The Labute approximate surface area is 169 Å². The summed E-state index contributed by atoms with van der Waals surface area (Å²) in [7, 11) is 1.67. The molecule has 0 aliphatic rings. The van der Waals surface area contributed by atoms with E-state index in [2.05, 4.69) is 36.9 Å². The van der Waals surface area contributed by atoms with Crippen LogP contribution in [0, 0.1) is 0 Å². The molecule has 0 atom stereocenters. The van der Waals surface area contributed by atoms with Crippen LogP contribution in [0.25, 0.3) is 0 Å². The lowest BCUT2D eigenvalue weighted by molar-refractivity contribution is 0.0953. The molecular formula is C16H26BrIN4O2. The second-order valence-electron chi connectivity index (χ2n) is 4.80. The molecule has 0 saturated heterocycles. The zero-order chi connectivity index (χ0) is 16.9. The van der Waals surface area contributed by atoms with Crippen LogP contribution in [-0.4, -0.2) is 51.8 Å². The molecule has 0 unspecified atom stereocenters. The third-order valence-corrected chi connectivity index (χ3v) is 3.47. The number of methoxy groups -OCH3 is 1. The van der Waals surface area contributed by atoms with Gasteiger partial charge in [-0.1, -0.05) is 15.9 Å². The fraction of sp³-hybridized carbons (Fsp3) is 0.500. The summed E-state index contributed by atoms with van der Waals surface area (Å²) in [6.45, 7) is 5.40. The Hall–Kier alpha value is -0.870. The molecule has 1 aromatic rings. The Balaban J connectivity index is 0.00000529. The van der Waals surface area contributed by atoms with Gasteiger partial charge in [0.25, 0.3) is 5.91 Å². The number of aliphatic imine (C=N–C) groups is 1. The van der Waals surface area contributed by atoms with E-state index in [4.69, 9.17) is 4.74 Å². The third kappa shape index (κ3) is 10.1. The lowest BCUT2D eigenvalue weighted by Crippen LogP contribution is -2.39. The van der Waals surface area contributed by atoms with Crippen LogP contribution in [0.3, 0.4) is 0 Å². The van der Waals surface area contributed by atoms with E-state index in [1.807, 2.05) is 19.1 Å². The van der Waals surface area contributed by atoms with Crippen LogP contribution in [0.1, 0.15) is 23.7 Å². The summed E-state index contributed by atoms with van der Waals surface area (Å²) in [5.74, 6) is 0.704. The average Bonchev–Trinajstić information content (AvgIpc) is 2.55. The number of nitrogens with one attached hydrogen (secondary N) is 3. The van der Waals surface area contributed by atoms with Gasteiger partial charge in [0.2, 0.25) is 0 Å². The van der Waals surface area contributed by atoms with Gasteiger partial charge in [-0.3, -0.25) is 9.79 Å². The molecule has 0 aliphatic heterocycles. The monoisotopic (exact) mass is 512 g/mol. The van der Waals surface area contributed by atoms with Crippen LogP contribution in [-0.2, 0) is 4.74 Å². The summed E-state index contributed by atoms with van der Waals surface area (Å²) in [4.78, 5) is 16.4. The topological polar surface area (TPSA) is 74.8 Å². The van der Waals surface area contributed by atoms with Gasteiger partial charge in [-0.25, -0.2) is 0 Å². The van der Waals surface area contributed by atoms with E-state index in [1.54, 1.807) is 19.2 Å². The van der Waals surface area contributed by atoms with Gasteiger partial charge in [0.1, 0.15) is 0 Å². The Morgan fingerprint density at radius 3 is 2.50 bits per heavy atom. The van der Waals surface area contributed by atoms with Crippen molar-refractivity contribution in [2.75, 3.05) is 39.9 Å². The number of ether oxygens (including phenoxy) is 1. The zero-order valence-corrected chi connectivity index (χ0v) is 18.0. The molecular weight excluding hydrogens is 487 g/mol. The van der Waals surface area contributed by atoms with Crippen molar-refractivity contribution in [2.45, 2.75) is 13.3 Å². The maximum atomic E-state index is 11.9. The number of halogens is 2. The fourth-order valence-corrected chi connectivity index (χ4v) is 2.05. The van der Waals surface area contributed by atoms with Crippen LogP contribution in [0.4, 0.5) is 0 Å². The summed E-state index contributed by atoms with van der Waals surface area (Å²) in [5, 5.41) is 9.23. The number of guanidine groups is 1. The van der Waals surface area contributed by atoms with Crippen LogP contribution in [0.5, 0.6) is 0 Å². The van der Waals surface area contributed by atoms with Crippen molar-refractivity contribution >= 4 is 51.8 Å². The minimum Gasteiger partial charge on any atom is -0.383 e. The van der Waals surface area contributed by atoms with Crippen molar-refractivity contribution in [1.29, 1.82) is 0 Å². The standard InChI is InChI=1S/C16H25BrN4O2.HI/c1-3-18-16(21-11-12-23-2)20-10-4-9-19-15(22)13-5-7-14(17)8-6-13;/h5-8H,3-4,9-12H2,1-2H3,(H,19,22)(H2,18,20,21);1H. The first-order valence-corrected chi connectivity index (χ1v) is 8.51. The highest BCUT2D eigenvalue weighted by atomic mass is 127. The number of hydrogen-bond acceptors (Lipinski definition) is 3. The van der Waals surface area contributed by atoms with Gasteiger partial charge in [0.15, 0.2) is 5.96 Å². The molecule has 0 aliphatic carbocycles. The van der Waals surface area contributed by atoms with Gasteiger partial charge in [0, 0.05) is 43.3 Å². The van der Waals surface area contributed by atoms with Crippen molar-refractivity contribution in [1.82, 2.24) is 16.0 Å². The Kier molecular flexibility index (Phi) is 13.9. The first kappa shape index (κ1) is 23.1. The summed E-state index contributed by atoms with van der Waals surface area (Å²) in [6, 6.07) is 7.29. The number of amides is 1. The van der Waals surface area contributed by atoms with Crippen LogP contribution in [0.15, 0.2) is 33.7 Å². The van der Waals surface area contributed by atoms with Crippen molar-refractivity contribution in [3.8, 4) is 0 Å². The molecule has 0 spiro atoms. The van der Waals surface area contributed by atoms with Gasteiger partial charge in [-0.05, 0) is 37.6 Å². The number of benzene rings is 1. The second kappa shape index (κ2) is 14.5. The summed E-state index contributed by atoms with van der Waals surface area (Å²) < 4.78 is 5.95. The SMILES string of the molecule is CCNC(=NCCCNC(=O)c1ccc(Br)cc1)NCCOC.I. The number of nitrogens with zero attached hydrogens (tertiary/aromatic N) is 1. The minimum absolute atomic E-state index is 0. The molecule has 0 radical (unpaired) electrons. The van der Waals surface area contributed by atoms with Crippen LogP contribution >= 0.6 is 39.9 Å². The molecule has 1 rings (SSSR count). The molecule has 0 aromatic heterocycles. The van der Waals surface area contributed by atoms with E-state index < -0.39 is 0 Å². The Morgan fingerprint density at radius 2 is 1.88 bits per heavy atom. The molecule has 0 saturated carbocycles. The predicted octanol–water partition coefficient (Wildman–Crippen LogP) is 2.39. The Morgan fingerprint density at radius 1 is 1.17 bits per heavy atom. The van der Waals surface area contributed by atoms with E-state index >= 15 is 0 Å². The number of hydrogen-bond donors (Lipinski definition) is 3. The summed E-state index contributed by atoms with van der Waals surface area (Å²) >= 11 is 3.35. The quantitative estimate of drug-likeness (QED) is 0.205. The van der Waals surface area contributed by atoms with Gasteiger partial charge in [0.05, 0.1) is 6.61 Å². The fourth-order valence-electron chi connectivity index (χ4n) is 1.79. The molecule has 136 valence electrons. The van der Waals surface area contributed by atoms with Crippen molar-refractivity contribution < 1.29 is 9.53 Å². The van der Waals surface area contributed by atoms with Crippen LogP contribution in [0.2, 0.25) is 0 Å². The van der Waals surface area contributed by atoms with E-state index in [0.29, 0.717) is 31.8 Å². The highest BCUT2D eigenvalue weighted by Crippen LogP contribution is 2.10. The summed E-state index contributed by atoms with van der Waals surface area (Å²) in [5.41, 5.74) is 0.659. The van der Waals surface area contributed by atoms with Crippen molar-refractivity contribution in [3.05, 3.63) is 34.3 Å². The first-order valence-electron chi connectivity index (χ1n) is 7.72. The molecule has 0 heterocycles. The van der Waals surface area contributed by atoms with Gasteiger partial charge < -0.3 is 20.7 Å². The molecule has 0 bridgehead atoms. The average molecular weight is 513 g/mol. The highest BCUT2D eigenvalue weighted by molar-refractivity contribution is 14.0. The molecule has 0 fully saturated rings. The third-order valence-electron chi connectivity index (χ3n) is 2.94. The summed E-state index contributed by atoms with van der Waals surface area (Å²) in [6.07, 6.45) is 0.781. The van der Waals surface area contributed by atoms with E-state index in [1.165, 1.54) is 0 Å². The first-order chi connectivity index (χ1) is 11.2. The number of carbonyl (C=O) groups is 1. The zero-order valence-electron chi connectivity index (χ0n) is 14.1. The predicted molar refractivity (Wildman–Crippen MR) is 112 cm³/mol. The molecule has 1 amide bonds. The van der Waals surface area contributed by atoms with Gasteiger partial charge in [-0.2, -0.15) is 0 Å². The smallest absolute Gasteiger partial charge is 0.251 e. The molecule has 8 heteroatoms. The Bertz CT molecular complexity index is 497. The van der Waals surface area contributed by atoms with E-state index in [0.717, 1.165) is 23.4 Å². The molecule has 1 aromatic carbocycles. The highest BCUT2D eigenvalue weighted by Gasteiger charge is 2.03. The van der Waals surface area contributed by atoms with E-state index in [-0.39, 0.29) is 29.9 Å². The largest absolute Gasteiger partial charge is 0.383 e. The number of carbonyl (C=O) groups excluding carboxylic acids is 1. The number of rotatable bonds is 9. The normalized spacial score (nSPS) is 10.7. The lowest BCUT2D eigenvalue weighted by Gasteiger charge is -2.10. The molecule has 3 N–H and O–H groups in total. The van der Waals surface area contributed by atoms with Gasteiger partial charge >= 0.3 is 0 Å². The molecule has 6 nitrogen and oxygen atoms in total. The van der Waals surface area contributed by atoms with Crippen molar-refractivity contribution in [2.24, 2.45) is 4.99 Å².